The molecule has 2 aromatic rings. The molecule has 0 amide bonds. The summed E-state index contributed by atoms with van der Waals surface area (Å²) in [5.74, 6) is 0.325. The van der Waals surface area contributed by atoms with Crippen molar-refractivity contribution in [1.29, 1.82) is 0 Å². The fraction of sp³-hybridized carbons (Fsp3) is 0.231. The van der Waals surface area contributed by atoms with Crippen molar-refractivity contribution in [2.45, 2.75) is 13.5 Å². The highest BCUT2D eigenvalue weighted by Gasteiger charge is 2.09. The molecule has 0 saturated heterocycles. The highest BCUT2D eigenvalue weighted by atomic mass is 35.5. The van der Waals surface area contributed by atoms with Gasteiger partial charge in [0, 0.05) is 12.4 Å². The van der Waals surface area contributed by atoms with Crippen molar-refractivity contribution in [2.75, 3.05) is 6.61 Å². The van der Waals surface area contributed by atoms with Crippen LogP contribution in [0.5, 0.6) is 5.75 Å². The standard InChI is InChI=1S/C13H13ClN2O3/c1-9-15-4-5-16(9)6-7-19-10-2-3-12(14)11(8-10)13(17)18/h2-5,8H,6-7H2,1H3,(H,17,18). The lowest BCUT2D eigenvalue weighted by atomic mass is 10.2. The Labute approximate surface area is 115 Å². The molecule has 0 aliphatic rings. The Morgan fingerprint density at radius 1 is 1.53 bits per heavy atom. The summed E-state index contributed by atoms with van der Waals surface area (Å²) in [7, 11) is 0. The van der Waals surface area contributed by atoms with Crippen LogP contribution in [0.2, 0.25) is 5.02 Å². The van der Waals surface area contributed by atoms with Crippen molar-refractivity contribution in [3.63, 3.8) is 0 Å². The summed E-state index contributed by atoms with van der Waals surface area (Å²) < 4.78 is 7.46. The van der Waals surface area contributed by atoms with Crippen molar-refractivity contribution >= 4 is 17.6 Å². The predicted octanol–water partition coefficient (Wildman–Crippen LogP) is 2.62. The van der Waals surface area contributed by atoms with Gasteiger partial charge in [-0.15, -0.1) is 0 Å². The second-order valence-electron chi connectivity index (χ2n) is 3.96. The number of carboxylic acid groups (broad SMARTS) is 1. The number of carboxylic acids is 1. The van der Waals surface area contributed by atoms with Crippen LogP contribution in [0.15, 0.2) is 30.6 Å². The van der Waals surface area contributed by atoms with Gasteiger partial charge in [-0.1, -0.05) is 11.6 Å². The van der Waals surface area contributed by atoms with E-state index in [4.69, 9.17) is 21.4 Å². The smallest absolute Gasteiger partial charge is 0.337 e. The number of carbonyl (C=O) groups is 1. The maximum absolute atomic E-state index is 10.9. The van der Waals surface area contributed by atoms with Gasteiger partial charge in [-0.05, 0) is 25.1 Å². The van der Waals surface area contributed by atoms with E-state index in [2.05, 4.69) is 4.98 Å². The summed E-state index contributed by atoms with van der Waals surface area (Å²) in [5, 5.41) is 9.15. The monoisotopic (exact) mass is 280 g/mol. The first-order valence-electron chi connectivity index (χ1n) is 5.71. The number of imidazole rings is 1. The predicted molar refractivity (Wildman–Crippen MR) is 70.9 cm³/mol. The zero-order valence-electron chi connectivity index (χ0n) is 10.3. The SMILES string of the molecule is Cc1nccn1CCOc1ccc(Cl)c(C(=O)O)c1. The second-order valence-corrected chi connectivity index (χ2v) is 4.37. The Hall–Kier alpha value is -2.01. The number of hydrogen-bond acceptors (Lipinski definition) is 3. The van der Waals surface area contributed by atoms with Gasteiger partial charge in [0.25, 0.3) is 0 Å². The summed E-state index contributed by atoms with van der Waals surface area (Å²) in [5.41, 5.74) is 0.0398. The molecule has 0 bridgehead atoms. The second kappa shape index (κ2) is 5.75. The van der Waals surface area contributed by atoms with Gasteiger partial charge in [-0.25, -0.2) is 9.78 Å². The van der Waals surface area contributed by atoms with Gasteiger partial charge in [0.2, 0.25) is 0 Å². The molecule has 1 aromatic heterocycles. The summed E-state index contributed by atoms with van der Waals surface area (Å²) in [6.07, 6.45) is 3.59. The normalized spacial score (nSPS) is 10.4. The first-order chi connectivity index (χ1) is 9.08. The molecule has 100 valence electrons. The van der Waals surface area contributed by atoms with E-state index < -0.39 is 5.97 Å². The van der Waals surface area contributed by atoms with Gasteiger partial charge in [0.05, 0.1) is 17.1 Å². The summed E-state index contributed by atoms with van der Waals surface area (Å²) in [4.78, 5) is 15.0. The number of halogens is 1. The van der Waals surface area contributed by atoms with Gasteiger partial charge in [-0.2, -0.15) is 0 Å². The van der Waals surface area contributed by atoms with E-state index in [1.54, 1.807) is 12.3 Å². The highest BCUT2D eigenvalue weighted by Crippen LogP contribution is 2.22. The van der Waals surface area contributed by atoms with Gasteiger partial charge >= 0.3 is 5.97 Å². The average Bonchev–Trinajstić information content (AvgIpc) is 2.77. The molecule has 19 heavy (non-hydrogen) atoms. The van der Waals surface area contributed by atoms with Crippen molar-refractivity contribution in [3.8, 4) is 5.75 Å². The van der Waals surface area contributed by atoms with Gasteiger partial charge in [0.1, 0.15) is 18.2 Å². The van der Waals surface area contributed by atoms with Crippen molar-refractivity contribution in [3.05, 3.63) is 47.0 Å². The lowest BCUT2D eigenvalue weighted by molar-refractivity contribution is 0.0696. The summed E-state index contributed by atoms with van der Waals surface area (Å²) >= 11 is 5.78. The summed E-state index contributed by atoms with van der Waals surface area (Å²) in [6.45, 7) is 2.99. The lowest BCUT2D eigenvalue weighted by Crippen LogP contribution is -2.09. The van der Waals surface area contributed by atoms with Crippen LogP contribution in [-0.4, -0.2) is 27.2 Å². The van der Waals surface area contributed by atoms with Crippen LogP contribution in [0.1, 0.15) is 16.2 Å². The number of aryl methyl sites for hydroxylation is 1. The molecule has 0 spiro atoms. The van der Waals surface area contributed by atoms with E-state index in [9.17, 15) is 4.79 Å². The van der Waals surface area contributed by atoms with Crippen molar-refractivity contribution in [2.24, 2.45) is 0 Å². The Kier molecular flexibility index (Phi) is 4.06. The molecule has 0 atom stereocenters. The molecular formula is C13H13ClN2O3. The Morgan fingerprint density at radius 2 is 2.32 bits per heavy atom. The topological polar surface area (TPSA) is 64.4 Å². The Balaban J connectivity index is 1.98. The molecule has 0 fully saturated rings. The van der Waals surface area contributed by atoms with Gasteiger partial charge < -0.3 is 14.4 Å². The Morgan fingerprint density at radius 3 is 2.95 bits per heavy atom. The molecule has 0 unspecified atom stereocenters. The minimum absolute atomic E-state index is 0.0398. The van der Waals surface area contributed by atoms with E-state index in [1.807, 2.05) is 17.7 Å². The molecular weight excluding hydrogens is 268 g/mol. The molecule has 5 nitrogen and oxygen atoms in total. The van der Waals surface area contributed by atoms with Gasteiger partial charge in [0.15, 0.2) is 0 Å². The molecule has 2 rings (SSSR count). The van der Waals surface area contributed by atoms with Crippen molar-refractivity contribution < 1.29 is 14.6 Å². The molecule has 1 aromatic carbocycles. The lowest BCUT2D eigenvalue weighted by Gasteiger charge is -2.09. The number of aromatic carboxylic acids is 1. The number of rotatable bonds is 5. The van der Waals surface area contributed by atoms with Crippen LogP contribution in [-0.2, 0) is 6.54 Å². The first-order valence-corrected chi connectivity index (χ1v) is 6.09. The zero-order valence-corrected chi connectivity index (χ0v) is 11.1. The third-order valence-corrected chi connectivity index (χ3v) is 3.02. The van der Waals surface area contributed by atoms with Crippen LogP contribution >= 0.6 is 11.6 Å². The zero-order chi connectivity index (χ0) is 13.8. The molecule has 0 radical (unpaired) electrons. The Bertz CT molecular complexity index is 595. The average molecular weight is 281 g/mol. The molecule has 1 heterocycles. The fourth-order valence-corrected chi connectivity index (χ4v) is 1.86. The van der Waals surface area contributed by atoms with E-state index >= 15 is 0 Å². The molecule has 0 aliphatic heterocycles. The number of benzene rings is 1. The third-order valence-electron chi connectivity index (χ3n) is 2.69. The minimum Gasteiger partial charge on any atom is -0.492 e. The van der Waals surface area contributed by atoms with Crippen LogP contribution in [0.4, 0.5) is 0 Å². The van der Waals surface area contributed by atoms with E-state index in [0.29, 0.717) is 18.9 Å². The van der Waals surface area contributed by atoms with E-state index in [-0.39, 0.29) is 10.6 Å². The third kappa shape index (κ3) is 3.26. The van der Waals surface area contributed by atoms with Crippen LogP contribution in [0, 0.1) is 6.92 Å². The van der Waals surface area contributed by atoms with Crippen molar-refractivity contribution in [1.82, 2.24) is 9.55 Å². The van der Waals surface area contributed by atoms with E-state index in [0.717, 1.165) is 5.82 Å². The van der Waals surface area contributed by atoms with E-state index in [1.165, 1.54) is 12.1 Å². The quantitative estimate of drug-likeness (QED) is 0.914. The maximum atomic E-state index is 10.9. The molecule has 1 N–H and O–H groups in total. The molecule has 6 heteroatoms. The molecule has 0 aliphatic carbocycles. The van der Waals surface area contributed by atoms with Crippen LogP contribution in [0.3, 0.4) is 0 Å². The number of hydrogen-bond donors (Lipinski definition) is 1. The molecule has 0 saturated carbocycles. The number of ether oxygens (including phenoxy) is 1. The largest absolute Gasteiger partial charge is 0.492 e. The summed E-state index contributed by atoms with van der Waals surface area (Å²) in [6, 6.07) is 4.59. The minimum atomic E-state index is -1.07. The maximum Gasteiger partial charge on any atom is 0.337 e. The van der Waals surface area contributed by atoms with Crippen LogP contribution in [0.25, 0.3) is 0 Å². The highest BCUT2D eigenvalue weighted by molar-refractivity contribution is 6.33. The fourth-order valence-electron chi connectivity index (χ4n) is 1.66. The first kappa shape index (κ1) is 13.4. The number of nitrogens with zero attached hydrogens (tertiary/aromatic N) is 2. The number of aromatic nitrogens is 2. The van der Waals surface area contributed by atoms with Gasteiger partial charge in [-0.3, -0.25) is 0 Å². The van der Waals surface area contributed by atoms with Crippen LogP contribution < -0.4 is 4.74 Å².